The first-order chi connectivity index (χ1) is 10.2. The first-order valence-corrected chi connectivity index (χ1v) is 11.5. The van der Waals surface area contributed by atoms with Crippen molar-refractivity contribution in [3.8, 4) is 0 Å². The van der Waals surface area contributed by atoms with Gasteiger partial charge >= 0.3 is 31.3 Å². The van der Waals surface area contributed by atoms with E-state index in [9.17, 15) is 37.8 Å². The molecule has 0 aliphatic carbocycles. The molecular formula is C5H12O14P4. The molecule has 4 atom stereocenters. The Balaban J connectivity index is 2.30. The maximum absolute atomic E-state index is 11.4. The van der Waals surface area contributed by atoms with Gasteiger partial charge in [-0.3, -0.25) is 18.1 Å². The molecule has 0 saturated carbocycles. The third kappa shape index (κ3) is 5.78. The Morgan fingerprint density at radius 3 is 1.00 bits per heavy atom. The highest BCUT2D eigenvalue weighted by molar-refractivity contribution is 7.61. The molecular weight excluding hydrogens is 408 g/mol. The standard InChI is InChI=1S/C5H12O14P4/c6-20(7)14-1-5(2-15-21(8,9)18-20)3-16-22(10,11)19-23(12,13)17-4-5/h1-4H2,(H,6,7)(H,8,9)(H,10,11)(H,12,13). The lowest BCUT2D eigenvalue weighted by Crippen LogP contribution is -2.42. The monoisotopic (exact) mass is 420 g/mol. The summed E-state index contributed by atoms with van der Waals surface area (Å²) in [5.74, 6) is 0. The fourth-order valence-electron chi connectivity index (χ4n) is 1.48. The second-order valence-corrected chi connectivity index (χ2v) is 10.7. The fourth-order valence-corrected chi connectivity index (χ4v) is 6.07. The van der Waals surface area contributed by atoms with Crippen molar-refractivity contribution in [1.82, 2.24) is 0 Å². The van der Waals surface area contributed by atoms with Gasteiger partial charge in [0.2, 0.25) is 0 Å². The summed E-state index contributed by atoms with van der Waals surface area (Å²) in [5.41, 5.74) is -1.75. The number of rotatable bonds is 0. The fraction of sp³-hybridized carbons (Fsp3) is 1.00. The lowest BCUT2D eigenvalue weighted by Gasteiger charge is -2.37. The minimum absolute atomic E-state index is 0.791. The van der Waals surface area contributed by atoms with Crippen LogP contribution in [0.2, 0.25) is 0 Å². The topological polar surface area (TPSA) is 205 Å². The molecule has 18 heteroatoms. The van der Waals surface area contributed by atoms with Crippen molar-refractivity contribution in [3.05, 3.63) is 0 Å². The third-order valence-electron chi connectivity index (χ3n) is 2.55. The van der Waals surface area contributed by atoms with Gasteiger partial charge in [0.25, 0.3) is 0 Å². The molecule has 14 nitrogen and oxygen atoms in total. The Bertz CT molecular complexity index is 544. The van der Waals surface area contributed by atoms with Crippen LogP contribution in [-0.2, 0) is 45.0 Å². The van der Waals surface area contributed by atoms with Crippen molar-refractivity contribution in [1.29, 1.82) is 0 Å². The van der Waals surface area contributed by atoms with Gasteiger partial charge in [0, 0.05) is 0 Å². The van der Waals surface area contributed by atoms with Crippen molar-refractivity contribution in [2.24, 2.45) is 5.41 Å². The van der Waals surface area contributed by atoms with Gasteiger partial charge in [0.05, 0.1) is 31.8 Å². The molecule has 0 aromatic rings. The lowest BCUT2D eigenvalue weighted by atomic mass is 9.93. The van der Waals surface area contributed by atoms with E-state index in [-0.39, 0.29) is 0 Å². The van der Waals surface area contributed by atoms with Gasteiger partial charge in [0.1, 0.15) is 0 Å². The first-order valence-electron chi connectivity index (χ1n) is 5.56. The van der Waals surface area contributed by atoms with Crippen LogP contribution >= 0.6 is 31.3 Å². The van der Waals surface area contributed by atoms with Crippen LogP contribution in [0.1, 0.15) is 0 Å². The highest BCUT2D eigenvalue weighted by Gasteiger charge is 2.49. The zero-order valence-electron chi connectivity index (χ0n) is 11.0. The molecule has 2 aliphatic rings. The molecule has 2 aliphatic heterocycles. The molecule has 4 unspecified atom stereocenters. The molecule has 23 heavy (non-hydrogen) atoms. The van der Waals surface area contributed by atoms with Crippen LogP contribution in [0.4, 0.5) is 0 Å². The molecule has 4 N–H and O–H groups in total. The van der Waals surface area contributed by atoms with Gasteiger partial charge in [-0.2, -0.15) is 8.62 Å². The average Bonchev–Trinajstić information content (AvgIpc) is 2.32. The molecule has 0 bridgehead atoms. The van der Waals surface area contributed by atoms with Crippen molar-refractivity contribution >= 4 is 31.3 Å². The second kappa shape index (κ2) is 6.35. The van der Waals surface area contributed by atoms with Crippen LogP contribution in [0, 0.1) is 5.41 Å². The molecule has 1 spiro atoms. The summed E-state index contributed by atoms with van der Waals surface area (Å²) in [4.78, 5) is 37.0. The molecule has 2 heterocycles. The van der Waals surface area contributed by atoms with Crippen molar-refractivity contribution in [2.45, 2.75) is 0 Å². The Labute approximate surface area is 128 Å². The molecule has 0 aromatic heterocycles. The van der Waals surface area contributed by atoms with Crippen LogP contribution in [0.3, 0.4) is 0 Å². The van der Waals surface area contributed by atoms with Gasteiger partial charge in [-0.05, 0) is 0 Å². The SMILES string of the molecule is O=P1(O)OCC2(COP(=O)(O)O1)COP(=O)(O)OP(=O)(O)OC2. The van der Waals surface area contributed by atoms with Crippen LogP contribution in [-0.4, -0.2) is 46.0 Å². The summed E-state index contributed by atoms with van der Waals surface area (Å²) < 4.78 is 71.4. The minimum atomic E-state index is -5.01. The summed E-state index contributed by atoms with van der Waals surface area (Å²) in [6.45, 7) is -3.16. The number of phosphoric ester groups is 4. The van der Waals surface area contributed by atoms with Crippen LogP contribution < -0.4 is 0 Å². The van der Waals surface area contributed by atoms with Gasteiger partial charge < -0.3 is 19.6 Å². The van der Waals surface area contributed by atoms with Gasteiger partial charge in [-0.15, -0.1) is 0 Å². The van der Waals surface area contributed by atoms with E-state index < -0.39 is 63.1 Å². The van der Waals surface area contributed by atoms with Gasteiger partial charge in [-0.1, -0.05) is 0 Å². The van der Waals surface area contributed by atoms with E-state index in [0.29, 0.717) is 0 Å². The third-order valence-corrected chi connectivity index (χ3v) is 7.67. The largest absolute Gasteiger partial charge is 0.481 e. The maximum Gasteiger partial charge on any atom is 0.481 e. The quantitative estimate of drug-likeness (QED) is 0.394. The van der Waals surface area contributed by atoms with Crippen molar-refractivity contribution < 1.29 is 64.6 Å². The average molecular weight is 420 g/mol. The molecule has 0 aromatic carbocycles. The Morgan fingerprint density at radius 1 is 0.565 bits per heavy atom. The van der Waals surface area contributed by atoms with Crippen molar-refractivity contribution in [3.63, 3.8) is 0 Å². The molecule has 2 rings (SSSR count). The van der Waals surface area contributed by atoms with E-state index in [4.69, 9.17) is 0 Å². The number of hydrogen-bond donors (Lipinski definition) is 4. The van der Waals surface area contributed by atoms with Crippen LogP contribution in [0.25, 0.3) is 0 Å². The molecule has 0 radical (unpaired) electrons. The van der Waals surface area contributed by atoms with E-state index in [1.54, 1.807) is 0 Å². The predicted octanol–water partition coefficient (Wildman–Crippen LogP) is 0.501. The number of phosphoric acid groups is 4. The summed E-state index contributed by atoms with van der Waals surface area (Å²) in [6, 6.07) is 0. The second-order valence-electron chi connectivity index (χ2n) is 4.63. The van der Waals surface area contributed by atoms with Crippen LogP contribution in [0.5, 0.6) is 0 Å². The zero-order valence-corrected chi connectivity index (χ0v) is 14.6. The highest BCUT2D eigenvalue weighted by atomic mass is 31.3. The van der Waals surface area contributed by atoms with E-state index >= 15 is 0 Å². The van der Waals surface area contributed by atoms with E-state index in [1.807, 2.05) is 0 Å². The Hall–Kier alpha value is 0.520. The summed E-state index contributed by atoms with van der Waals surface area (Å²) in [5, 5.41) is 0. The minimum Gasteiger partial charge on any atom is -0.302 e. The summed E-state index contributed by atoms with van der Waals surface area (Å²) in [6.07, 6.45) is 0. The van der Waals surface area contributed by atoms with E-state index in [0.717, 1.165) is 0 Å². The number of hydrogen-bond acceptors (Lipinski definition) is 10. The summed E-state index contributed by atoms with van der Waals surface area (Å²) in [7, 11) is -20.0. The van der Waals surface area contributed by atoms with Gasteiger partial charge in [0.15, 0.2) is 0 Å². The predicted molar refractivity (Wildman–Crippen MR) is 67.7 cm³/mol. The molecule has 136 valence electrons. The van der Waals surface area contributed by atoms with E-state index in [1.165, 1.54) is 0 Å². The molecule has 0 amide bonds. The Kier molecular flexibility index (Phi) is 5.48. The van der Waals surface area contributed by atoms with Crippen molar-refractivity contribution in [2.75, 3.05) is 26.4 Å². The molecule has 2 saturated heterocycles. The zero-order chi connectivity index (χ0) is 17.6. The smallest absolute Gasteiger partial charge is 0.302 e. The maximum atomic E-state index is 11.4. The normalized spacial score (nSPS) is 53.0. The molecule has 2 fully saturated rings. The van der Waals surface area contributed by atoms with Gasteiger partial charge in [-0.25, -0.2) is 18.3 Å². The summed E-state index contributed by atoms with van der Waals surface area (Å²) >= 11 is 0. The van der Waals surface area contributed by atoms with E-state index in [2.05, 4.69) is 26.7 Å². The van der Waals surface area contributed by atoms with Crippen LogP contribution in [0.15, 0.2) is 0 Å². The first kappa shape index (κ1) is 19.8. The lowest BCUT2D eigenvalue weighted by molar-refractivity contribution is -0.0469. The Morgan fingerprint density at radius 2 is 0.783 bits per heavy atom. The highest BCUT2D eigenvalue weighted by Crippen LogP contribution is 2.65.